The Bertz CT molecular complexity index is 343. The van der Waals surface area contributed by atoms with Crippen LogP contribution in [0.1, 0.15) is 24.9 Å². The molecular weight excluding hydrogens is 205 g/mol. The number of benzene rings is 1. The van der Waals surface area contributed by atoms with Crippen LogP contribution in [0.25, 0.3) is 0 Å². The van der Waals surface area contributed by atoms with Crippen LogP contribution in [0.3, 0.4) is 0 Å². The third-order valence-electron chi connectivity index (χ3n) is 3.45. The lowest BCUT2D eigenvalue weighted by atomic mass is 10.1. The molecular formula is C13H18FNO. The number of hydrogen-bond donors (Lipinski definition) is 1. The molecule has 1 aliphatic heterocycles. The molecule has 2 nitrogen and oxygen atoms in total. The van der Waals surface area contributed by atoms with Crippen molar-refractivity contribution in [3.63, 3.8) is 0 Å². The molecule has 1 heterocycles. The molecule has 16 heavy (non-hydrogen) atoms. The van der Waals surface area contributed by atoms with Gasteiger partial charge < -0.3 is 5.11 Å². The van der Waals surface area contributed by atoms with E-state index in [1.165, 1.54) is 5.56 Å². The molecule has 2 rings (SSSR count). The number of aliphatic hydroxyl groups excluding tert-OH is 1. The smallest absolute Gasteiger partial charge is 0.147 e. The van der Waals surface area contributed by atoms with Gasteiger partial charge >= 0.3 is 0 Å². The quantitative estimate of drug-likeness (QED) is 0.848. The Hall–Kier alpha value is -0.930. The topological polar surface area (TPSA) is 23.5 Å². The summed E-state index contributed by atoms with van der Waals surface area (Å²) >= 11 is 0. The number of alkyl halides is 1. The van der Waals surface area contributed by atoms with Gasteiger partial charge in [0.05, 0.1) is 6.61 Å². The van der Waals surface area contributed by atoms with Crippen LogP contribution in [0.15, 0.2) is 30.3 Å². The average Bonchev–Trinajstić information content (AvgIpc) is 2.73. The van der Waals surface area contributed by atoms with Crippen LogP contribution < -0.4 is 0 Å². The Kier molecular flexibility index (Phi) is 3.26. The lowest BCUT2D eigenvalue weighted by Gasteiger charge is -2.25. The Balaban J connectivity index is 2.05. The summed E-state index contributed by atoms with van der Waals surface area (Å²) in [4.78, 5) is 2.09. The number of nitrogens with zero attached hydrogens (tertiary/aromatic N) is 1. The molecule has 88 valence electrons. The largest absolute Gasteiger partial charge is 0.393 e. The first-order valence-electron chi connectivity index (χ1n) is 5.73. The average molecular weight is 223 g/mol. The van der Waals surface area contributed by atoms with Gasteiger partial charge in [0.2, 0.25) is 0 Å². The van der Waals surface area contributed by atoms with Crippen molar-refractivity contribution < 1.29 is 9.50 Å². The second kappa shape index (κ2) is 4.52. The standard InChI is InChI=1S/C13H18FNO/c1-11(12-5-3-2-4-6-12)15-8-7-13(14,9-15)10-16/h2-6,11,16H,7-10H2,1H3/t11-,13?/m1/s1. The van der Waals surface area contributed by atoms with Gasteiger partial charge in [-0.1, -0.05) is 30.3 Å². The molecule has 0 aliphatic carbocycles. The Morgan fingerprint density at radius 2 is 2.12 bits per heavy atom. The molecule has 3 heteroatoms. The lowest BCUT2D eigenvalue weighted by molar-refractivity contribution is 0.0727. The van der Waals surface area contributed by atoms with Crippen LogP contribution in [0, 0.1) is 0 Å². The Labute approximate surface area is 95.7 Å². The predicted octanol–water partition coefficient (Wildman–Crippen LogP) is 2.15. The van der Waals surface area contributed by atoms with Crippen molar-refractivity contribution in [1.82, 2.24) is 4.90 Å². The monoisotopic (exact) mass is 223 g/mol. The maximum Gasteiger partial charge on any atom is 0.147 e. The maximum atomic E-state index is 13.9. The molecule has 0 spiro atoms. The second-order valence-corrected chi connectivity index (χ2v) is 4.62. The molecule has 2 atom stereocenters. The summed E-state index contributed by atoms with van der Waals surface area (Å²) in [6.07, 6.45) is 0.431. The lowest BCUT2D eigenvalue weighted by Crippen LogP contribution is -2.33. The van der Waals surface area contributed by atoms with Crippen LogP contribution in [0.2, 0.25) is 0 Å². The Morgan fingerprint density at radius 1 is 1.44 bits per heavy atom. The van der Waals surface area contributed by atoms with E-state index < -0.39 is 5.67 Å². The molecule has 0 aromatic heterocycles. The third-order valence-corrected chi connectivity index (χ3v) is 3.45. The molecule has 0 radical (unpaired) electrons. The number of hydrogen-bond acceptors (Lipinski definition) is 2. The molecule has 1 aromatic rings. The van der Waals surface area contributed by atoms with E-state index in [2.05, 4.69) is 24.0 Å². The maximum absolute atomic E-state index is 13.9. The first-order valence-corrected chi connectivity index (χ1v) is 5.73. The molecule has 1 aromatic carbocycles. The minimum atomic E-state index is -1.40. The summed E-state index contributed by atoms with van der Waals surface area (Å²) in [5, 5.41) is 8.99. The summed E-state index contributed by atoms with van der Waals surface area (Å²) in [5.74, 6) is 0. The van der Waals surface area contributed by atoms with E-state index in [9.17, 15) is 4.39 Å². The van der Waals surface area contributed by atoms with Gasteiger partial charge in [-0.2, -0.15) is 0 Å². The van der Waals surface area contributed by atoms with Crippen molar-refractivity contribution in [2.45, 2.75) is 25.1 Å². The Morgan fingerprint density at radius 3 is 2.69 bits per heavy atom. The summed E-state index contributed by atoms with van der Waals surface area (Å²) in [6.45, 7) is 2.76. The van der Waals surface area contributed by atoms with Gasteiger partial charge in [0.1, 0.15) is 5.67 Å². The number of aliphatic hydroxyl groups is 1. The van der Waals surface area contributed by atoms with Crippen LogP contribution >= 0.6 is 0 Å². The fourth-order valence-corrected chi connectivity index (χ4v) is 2.27. The van der Waals surface area contributed by atoms with Gasteiger partial charge in [-0.05, 0) is 18.9 Å². The van der Waals surface area contributed by atoms with Crippen molar-refractivity contribution in [1.29, 1.82) is 0 Å². The number of rotatable bonds is 3. The molecule has 1 N–H and O–H groups in total. The van der Waals surface area contributed by atoms with E-state index in [-0.39, 0.29) is 12.6 Å². The van der Waals surface area contributed by atoms with Crippen molar-refractivity contribution in [3.8, 4) is 0 Å². The van der Waals surface area contributed by atoms with E-state index in [0.29, 0.717) is 19.5 Å². The highest BCUT2D eigenvalue weighted by atomic mass is 19.1. The zero-order chi connectivity index (χ0) is 11.6. The van der Waals surface area contributed by atoms with Crippen LogP contribution in [-0.2, 0) is 0 Å². The molecule has 1 unspecified atom stereocenters. The first kappa shape index (κ1) is 11.6. The minimum absolute atomic E-state index is 0.213. The van der Waals surface area contributed by atoms with E-state index in [1.807, 2.05) is 18.2 Å². The van der Waals surface area contributed by atoms with E-state index in [1.54, 1.807) is 0 Å². The van der Waals surface area contributed by atoms with Gasteiger partial charge in [-0.15, -0.1) is 0 Å². The molecule has 0 amide bonds. The molecule has 1 aliphatic rings. The first-order chi connectivity index (χ1) is 7.64. The van der Waals surface area contributed by atoms with Gasteiger partial charge in [0, 0.05) is 19.1 Å². The highest BCUT2D eigenvalue weighted by Crippen LogP contribution is 2.31. The SMILES string of the molecule is C[C@H](c1ccccc1)N1CCC(F)(CO)C1. The third kappa shape index (κ3) is 2.25. The molecule has 0 saturated carbocycles. The van der Waals surface area contributed by atoms with Crippen LogP contribution in [0.5, 0.6) is 0 Å². The van der Waals surface area contributed by atoms with Crippen molar-refractivity contribution >= 4 is 0 Å². The summed E-state index contributed by atoms with van der Waals surface area (Å²) < 4.78 is 13.9. The van der Waals surface area contributed by atoms with E-state index >= 15 is 0 Å². The van der Waals surface area contributed by atoms with Gasteiger partial charge in [0.25, 0.3) is 0 Å². The van der Waals surface area contributed by atoms with Gasteiger partial charge in [-0.3, -0.25) is 4.90 Å². The molecule has 0 bridgehead atoms. The number of likely N-dealkylation sites (tertiary alicyclic amines) is 1. The summed E-state index contributed by atoms with van der Waals surface area (Å²) in [6, 6.07) is 10.3. The van der Waals surface area contributed by atoms with Crippen molar-refractivity contribution in [2.24, 2.45) is 0 Å². The van der Waals surface area contributed by atoms with Crippen molar-refractivity contribution in [2.75, 3.05) is 19.7 Å². The zero-order valence-corrected chi connectivity index (χ0v) is 9.56. The summed E-state index contributed by atoms with van der Waals surface area (Å²) in [7, 11) is 0. The molecule has 1 fully saturated rings. The zero-order valence-electron chi connectivity index (χ0n) is 9.56. The predicted molar refractivity (Wildman–Crippen MR) is 62.0 cm³/mol. The van der Waals surface area contributed by atoms with Crippen LogP contribution in [-0.4, -0.2) is 35.4 Å². The second-order valence-electron chi connectivity index (χ2n) is 4.62. The number of halogens is 1. The minimum Gasteiger partial charge on any atom is -0.393 e. The van der Waals surface area contributed by atoms with Crippen LogP contribution in [0.4, 0.5) is 4.39 Å². The van der Waals surface area contributed by atoms with Gasteiger partial charge in [-0.25, -0.2) is 4.39 Å². The highest BCUT2D eigenvalue weighted by Gasteiger charge is 2.39. The normalized spacial score (nSPS) is 28.2. The van der Waals surface area contributed by atoms with Gasteiger partial charge in [0.15, 0.2) is 0 Å². The van der Waals surface area contributed by atoms with E-state index in [4.69, 9.17) is 5.11 Å². The molecule has 1 saturated heterocycles. The summed E-state index contributed by atoms with van der Waals surface area (Å²) in [5.41, 5.74) is -0.201. The highest BCUT2D eigenvalue weighted by molar-refractivity contribution is 5.19. The van der Waals surface area contributed by atoms with Crippen molar-refractivity contribution in [3.05, 3.63) is 35.9 Å². The van der Waals surface area contributed by atoms with E-state index in [0.717, 1.165) is 0 Å². The fraction of sp³-hybridized carbons (Fsp3) is 0.538. The fourth-order valence-electron chi connectivity index (χ4n) is 2.27.